The van der Waals surface area contributed by atoms with Gasteiger partial charge in [-0.05, 0) is 19.4 Å². The van der Waals surface area contributed by atoms with Gasteiger partial charge in [0.05, 0.1) is 11.6 Å². The van der Waals surface area contributed by atoms with Crippen molar-refractivity contribution in [3.8, 4) is 11.3 Å². The molecule has 144 valence electrons. The highest BCUT2D eigenvalue weighted by Gasteiger charge is 2.23. The Kier molecular flexibility index (Phi) is 6.08. The number of benzene rings is 1. The lowest BCUT2D eigenvalue weighted by Crippen LogP contribution is -2.44. The number of urea groups is 1. The van der Waals surface area contributed by atoms with Crippen molar-refractivity contribution in [3.63, 3.8) is 0 Å². The summed E-state index contributed by atoms with van der Waals surface area (Å²) in [5.41, 5.74) is 7.20. The van der Waals surface area contributed by atoms with E-state index in [0.717, 1.165) is 30.6 Å². The summed E-state index contributed by atoms with van der Waals surface area (Å²) in [7, 11) is 1.79. The van der Waals surface area contributed by atoms with E-state index >= 15 is 0 Å². The lowest BCUT2D eigenvalue weighted by molar-refractivity contribution is -0.123. The number of hydrogen-bond donors (Lipinski definition) is 3. The molecule has 0 radical (unpaired) electrons. The van der Waals surface area contributed by atoms with E-state index in [0.29, 0.717) is 25.5 Å². The Morgan fingerprint density at radius 1 is 1.30 bits per heavy atom. The second-order valence-electron chi connectivity index (χ2n) is 6.83. The highest BCUT2D eigenvalue weighted by molar-refractivity contribution is 5.89. The second kappa shape index (κ2) is 8.68. The molecule has 1 fully saturated rings. The first-order valence-electron chi connectivity index (χ1n) is 9.19. The van der Waals surface area contributed by atoms with Crippen molar-refractivity contribution in [3.05, 3.63) is 36.4 Å². The van der Waals surface area contributed by atoms with Crippen molar-refractivity contribution in [2.24, 2.45) is 18.7 Å². The van der Waals surface area contributed by atoms with Crippen LogP contribution in [-0.2, 0) is 11.8 Å². The van der Waals surface area contributed by atoms with Crippen LogP contribution < -0.4 is 16.4 Å². The summed E-state index contributed by atoms with van der Waals surface area (Å²) in [6.45, 7) is 2.79. The normalized spacial score (nSPS) is 17.4. The van der Waals surface area contributed by atoms with Gasteiger partial charge in [-0.2, -0.15) is 5.10 Å². The molecular formula is C19H26N6O2. The number of carbonyl (C=O) groups excluding carboxylic acids is 2. The quantitative estimate of drug-likeness (QED) is 0.715. The number of primary amides is 1. The van der Waals surface area contributed by atoms with Gasteiger partial charge in [0.2, 0.25) is 5.91 Å². The van der Waals surface area contributed by atoms with Gasteiger partial charge >= 0.3 is 6.03 Å². The summed E-state index contributed by atoms with van der Waals surface area (Å²) < 4.78 is 1.64. The summed E-state index contributed by atoms with van der Waals surface area (Å²) in [5.74, 6) is 0.298. The molecule has 1 saturated heterocycles. The molecule has 0 spiro atoms. The van der Waals surface area contributed by atoms with E-state index in [1.807, 2.05) is 36.4 Å². The van der Waals surface area contributed by atoms with Gasteiger partial charge < -0.3 is 16.0 Å². The van der Waals surface area contributed by atoms with Crippen LogP contribution in [-0.4, -0.2) is 52.8 Å². The van der Waals surface area contributed by atoms with Crippen LogP contribution >= 0.6 is 0 Å². The van der Waals surface area contributed by atoms with Crippen LogP contribution in [0.1, 0.15) is 12.8 Å². The molecule has 3 amide bonds. The van der Waals surface area contributed by atoms with E-state index in [-0.39, 0.29) is 17.9 Å². The van der Waals surface area contributed by atoms with Crippen molar-refractivity contribution in [2.75, 3.05) is 31.5 Å². The van der Waals surface area contributed by atoms with Gasteiger partial charge in [-0.25, -0.2) is 4.79 Å². The van der Waals surface area contributed by atoms with Crippen molar-refractivity contribution in [1.82, 2.24) is 20.0 Å². The number of hydrogen-bond acceptors (Lipinski definition) is 4. The number of rotatable bonds is 6. The monoisotopic (exact) mass is 370 g/mol. The van der Waals surface area contributed by atoms with E-state index in [9.17, 15) is 9.59 Å². The molecule has 2 aromatic rings. The Hall–Kier alpha value is -2.87. The number of nitrogens with zero attached hydrogens (tertiary/aromatic N) is 3. The number of carbonyl (C=O) groups is 2. The number of likely N-dealkylation sites (tertiary alicyclic amines) is 1. The maximum Gasteiger partial charge on any atom is 0.320 e. The highest BCUT2D eigenvalue weighted by atomic mass is 16.2. The highest BCUT2D eigenvalue weighted by Crippen LogP contribution is 2.20. The predicted molar refractivity (Wildman–Crippen MR) is 104 cm³/mol. The number of amides is 3. The van der Waals surface area contributed by atoms with Gasteiger partial charge in [0.15, 0.2) is 0 Å². The summed E-state index contributed by atoms with van der Waals surface area (Å²) in [4.78, 5) is 25.7. The first kappa shape index (κ1) is 18.9. The van der Waals surface area contributed by atoms with E-state index in [1.165, 1.54) is 0 Å². The van der Waals surface area contributed by atoms with Crippen molar-refractivity contribution >= 4 is 17.8 Å². The van der Waals surface area contributed by atoms with E-state index in [4.69, 9.17) is 5.73 Å². The molecule has 2 heterocycles. The van der Waals surface area contributed by atoms with Gasteiger partial charge in [0.1, 0.15) is 5.82 Å². The van der Waals surface area contributed by atoms with E-state index < -0.39 is 0 Å². The zero-order valence-electron chi connectivity index (χ0n) is 15.5. The molecule has 0 saturated carbocycles. The number of anilines is 1. The molecule has 0 bridgehead atoms. The summed E-state index contributed by atoms with van der Waals surface area (Å²) in [5, 5.41) is 10.1. The molecule has 1 aliphatic rings. The Labute approximate surface area is 158 Å². The van der Waals surface area contributed by atoms with Crippen molar-refractivity contribution in [1.29, 1.82) is 0 Å². The molecule has 3 rings (SSSR count). The fourth-order valence-electron chi connectivity index (χ4n) is 3.31. The van der Waals surface area contributed by atoms with Crippen molar-refractivity contribution < 1.29 is 9.59 Å². The van der Waals surface area contributed by atoms with Crippen LogP contribution in [0.25, 0.3) is 11.3 Å². The van der Waals surface area contributed by atoms with Crippen molar-refractivity contribution in [2.45, 2.75) is 12.8 Å². The Balaban J connectivity index is 1.47. The number of aromatic nitrogens is 2. The molecule has 8 nitrogen and oxygen atoms in total. The van der Waals surface area contributed by atoms with Crippen LogP contribution in [0, 0.1) is 5.92 Å². The topological polar surface area (TPSA) is 105 Å². The first-order valence-corrected chi connectivity index (χ1v) is 9.19. The van der Waals surface area contributed by atoms with Gasteiger partial charge in [-0.3, -0.25) is 14.8 Å². The molecule has 4 N–H and O–H groups in total. The van der Waals surface area contributed by atoms with Gasteiger partial charge in [-0.15, -0.1) is 0 Å². The van der Waals surface area contributed by atoms with Crippen LogP contribution in [0.15, 0.2) is 36.4 Å². The van der Waals surface area contributed by atoms with Gasteiger partial charge in [0, 0.05) is 38.3 Å². The number of nitrogens with two attached hydrogens (primary N) is 1. The smallest absolute Gasteiger partial charge is 0.320 e. The minimum Gasteiger partial charge on any atom is -0.369 e. The summed E-state index contributed by atoms with van der Waals surface area (Å²) in [6.07, 6.45) is 1.81. The predicted octanol–water partition coefficient (Wildman–Crippen LogP) is 1.41. The zero-order valence-corrected chi connectivity index (χ0v) is 15.5. The van der Waals surface area contributed by atoms with Crippen LogP contribution in [0.4, 0.5) is 10.6 Å². The number of piperidine rings is 1. The number of nitrogens with one attached hydrogen (secondary N) is 2. The zero-order chi connectivity index (χ0) is 19.2. The molecule has 27 heavy (non-hydrogen) atoms. The van der Waals surface area contributed by atoms with Gasteiger partial charge in [0.25, 0.3) is 0 Å². The third-order valence-electron chi connectivity index (χ3n) is 4.81. The Morgan fingerprint density at radius 2 is 2.07 bits per heavy atom. The lowest BCUT2D eigenvalue weighted by atomic mass is 9.97. The lowest BCUT2D eigenvalue weighted by Gasteiger charge is -2.31. The van der Waals surface area contributed by atoms with E-state index in [2.05, 4.69) is 20.6 Å². The SMILES string of the molecule is Cn1nc(-c2ccccc2)cc1NC(=O)NCCN1CCC[C@@H](C(N)=O)C1. The maximum atomic E-state index is 12.2. The molecule has 1 aromatic heterocycles. The fourth-order valence-corrected chi connectivity index (χ4v) is 3.31. The molecule has 1 aliphatic heterocycles. The largest absolute Gasteiger partial charge is 0.369 e. The molecular weight excluding hydrogens is 344 g/mol. The maximum absolute atomic E-state index is 12.2. The Bertz CT molecular complexity index is 789. The average Bonchev–Trinajstić information content (AvgIpc) is 3.03. The third-order valence-corrected chi connectivity index (χ3v) is 4.81. The van der Waals surface area contributed by atoms with E-state index in [1.54, 1.807) is 11.7 Å². The van der Waals surface area contributed by atoms with Crippen LogP contribution in [0.3, 0.4) is 0 Å². The average molecular weight is 370 g/mol. The standard InChI is InChI=1S/C19H26N6O2/c1-24-17(12-16(23-24)14-6-3-2-4-7-14)22-19(27)21-9-11-25-10-5-8-15(13-25)18(20)26/h2-4,6-7,12,15H,5,8-11,13H2,1H3,(H2,20,26)(H2,21,22,27)/t15-/m1/s1. The summed E-state index contributed by atoms with van der Waals surface area (Å²) in [6, 6.07) is 11.4. The minimum absolute atomic E-state index is 0.0848. The minimum atomic E-state index is -0.277. The molecule has 8 heteroatoms. The second-order valence-corrected chi connectivity index (χ2v) is 6.83. The molecule has 1 aromatic carbocycles. The van der Waals surface area contributed by atoms with Gasteiger partial charge in [-0.1, -0.05) is 30.3 Å². The number of aryl methyl sites for hydroxylation is 1. The third kappa shape index (κ3) is 5.07. The molecule has 0 unspecified atom stereocenters. The fraction of sp³-hybridized carbons (Fsp3) is 0.421. The molecule has 1 atom stereocenters. The first-order chi connectivity index (χ1) is 13.0. The summed E-state index contributed by atoms with van der Waals surface area (Å²) >= 11 is 0. The molecule has 0 aliphatic carbocycles. The van der Waals surface area contributed by atoms with Crippen LogP contribution in [0.5, 0.6) is 0 Å². The van der Waals surface area contributed by atoms with Crippen LogP contribution in [0.2, 0.25) is 0 Å². The Morgan fingerprint density at radius 3 is 2.81 bits per heavy atom.